The van der Waals surface area contributed by atoms with Crippen LogP contribution < -0.4 is 5.32 Å². The number of carbonyl (C=O) groups is 1. The lowest BCUT2D eigenvalue weighted by molar-refractivity contribution is 0.0946. The highest BCUT2D eigenvalue weighted by atomic mass is 32.2. The van der Waals surface area contributed by atoms with Crippen LogP contribution in [0, 0.1) is 0 Å². The van der Waals surface area contributed by atoms with E-state index in [1.807, 2.05) is 24.3 Å². The maximum absolute atomic E-state index is 12.1. The molecule has 0 aliphatic carbocycles. The quantitative estimate of drug-likeness (QED) is 0.788. The van der Waals surface area contributed by atoms with Crippen LogP contribution >= 0.6 is 11.8 Å². The number of aliphatic hydroxyl groups excluding tert-OH is 1. The van der Waals surface area contributed by atoms with Crippen molar-refractivity contribution in [1.29, 1.82) is 0 Å². The summed E-state index contributed by atoms with van der Waals surface area (Å²) in [6, 6.07) is 7.55. The fraction of sp³-hybridized carbons (Fsp3) is 0.438. The van der Waals surface area contributed by atoms with Gasteiger partial charge in [-0.25, -0.2) is 0 Å². The van der Waals surface area contributed by atoms with Gasteiger partial charge < -0.3 is 14.8 Å². The summed E-state index contributed by atoms with van der Waals surface area (Å²) in [6.45, 7) is 6.61. The lowest BCUT2D eigenvalue weighted by Crippen LogP contribution is -2.23. The van der Waals surface area contributed by atoms with E-state index in [-0.39, 0.29) is 24.5 Å². The Balaban J connectivity index is 1.90. The third-order valence-corrected chi connectivity index (χ3v) is 3.98. The summed E-state index contributed by atoms with van der Waals surface area (Å²) in [5, 5.41) is 19.5. The van der Waals surface area contributed by atoms with E-state index in [0.29, 0.717) is 22.4 Å². The highest BCUT2D eigenvalue weighted by Gasteiger charge is 2.14. The molecular formula is C16H21N3O3S. The van der Waals surface area contributed by atoms with Crippen molar-refractivity contribution < 1.29 is 14.3 Å². The third-order valence-electron chi connectivity index (χ3n) is 3.18. The topological polar surface area (TPSA) is 88.2 Å². The Morgan fingerprint density at radius 2 is 1.96 bits per heavy atom. The molecule has 6 nitrogen and oxygen atoms in total. The average molecular weight is 335 g/mol. The fourth-order valence-electron chi connectivity index (χ4n) is 1.88. The van der Waals surface area contributed by atoms with Crippen molar-refractivity contribution in [3.63, 3.8) is 0 Å². The van der Waals surface area contributed by atoms with Crippen molar-refractivity contribution in [1.82, 2.24) is 15.5 Å². The van der Waals surface area contributed by atoms with Gasteiger partial charge in [-0.05, 0) is 23.1 Å². The van der Waals surface area contributed by atoms with Gasteiger partial charge in [-0.3, -0.25) is 4.79 Å². The smallest absolute Gasteiger partial charge is 0.276 e. The second-order valence-electron chi connectivity index (χ2n) is 6.04. The van der Waals surface area contributed by atoms with Crippen LogP contribution in [0.25, 0.3) is 0 Å². The van der Waals surface area contributed by atoms with Gasteiger partial charge in [0, 0.05) is 11.3 Å². The lowest BCUT2D eigenvalue weighted by Gasteiger charge is -2.18. The summed E-state index contributed by atoms with van der Waals surface area (Å²) in [6.07, 6.45) is 0. The Bertz CT molecular complexity index is 647. The zero-order valence-electron chi connectivity index (χ0n) is 13.5. The fourth-order valence-corrected chi connectivity index (χ4v) is 2.40. The van der Waals surface area contributed by atoms with Crippen LogP contribution in [0.3, 0.4) is 0 Å². The predicted molar refractivity (Wildman–Crippen MR) is 88.4 cm³/mol. The van der Waals surface area contributed by atoms with Gasteiger partial charge in [-0.2, -0.15) is 0 Å². The Hall–Kier alpha value is -1.86. The molecule has 0 unspecified atom stereocenters. The summed E-state index contributed by atoms with van der Waals surface area (Å²) < 4.78 is 5.35. The molecule has 0 saturated heterocycles. The van der Waals surface area contributed by atoms with Crippen molar-refractivity contribution in [2.75, 3.05) is 12.4 Å². The van der Waals surface area contributed by atoms with Gasteiger partial charge in [-0.15, -0.1) is 10.2 Å². The maximum atomic E-state index is 12.1. The minimum atomic E-state index is -0.187. The van der Waals surface area contributed by atoms with E-state index >= 15 is 0 Å². The molecule has 0 radical (unpaired) electrons. The number of rotatable bonds is 6. The first-order chi connectivity index (χ1) is 10.9. The van der Waals surface area contributed by atoms with E-state index in [2.05, 4.69) is 36.3 Å². The molecule has 2 aromatic rings. The average Bonchev–Trinajstić information content (AvgIpc) is 2.98. The van der Waals surface area contributed by atoms with E-state index in [0.717, 1.165) is 0 Å². The molecular weight excluding hydrogens is 314 g/mol. The molecule has 0 spiro atoms. The highest BCUT2D eigenvalue weighted by Crippen LogP contribution is 2.22. The number of benzene rings is 1. The number of hydrogen-bond acceptors (Lipinski definition) is 6. The van der Waals surface area contributed by atoms with Gasteiger partial charge in [0.1, 0.15) is 0 Å². The van der Waals surface area contributed by atoms with E-state index in [4.69, 9.17) is 9.52 Å². The number of amides is 1. The van der Waals surface area contributed by atoms with Gasteiger partial charge in [0.15, 0.2) is 0 Å². The van der Waals surface area contributed by atoms with Crippen LogP contribution in [-0.2, 0) is 12.0 Å². The molecule has 23 heavy (non-hydrogen) atoms. The Labute approximate surface area is 139 Å². The number of carbonyl (C=O) groups excluding carboxylic acids is 1. The van der Waals surface area contributed by atoms with Crippen molar-refractivity contribution in [2.45, 2.75) is 38.0 Å². The molecule has 1 heterocycles. The van der Waals surface area contributed by atoms with Gasteiger partial charge >= 0.3 is 0 Å². The van der Waals surface area contributed by atoms with Gasteiger partial charge in [0.05, 0.1) is 13.2 Å². The molecule has 1 aromatic carbocycles. The summed E-state index contributed by atoms with van der Waals surface area (Å²) in [4.78, 5) is 12.1. The van der Waals surface area contributed by atoms with E-state index < -0.39 is 0 Å². The van der Waals surface area contributed by atoms with Crippen LogP contribution in [0.15, 0.2) is 33.9 Å². The van der Waals surface area contributed by atoms with Gasteiger partial charge in [-0.1, -0.05) is 44.7 Å². The molecule has 7 heteroatoms. The van der Waals surface area contributed by atoms with Crippen LogP contribution in [0.5, 0.6) is 0 Å². The van der Waals surface area contributed by atoms with E-state index in [1.54, 1.807) is 0 Å². The number of nitrogens with zero attached hydrogens (tertiary/aromatic N) is 2. The van der Waals surface area contributed by atoms with Crippen LogP contribution in [0.4, 0.5) is 0 Å². The molecule has 1 amide bonds. The standard InChI is InChI=1S/C16H21N3O3S/c1-16(2,3)12-6-4-11(5-7-12)14(21)17-10-13-18-19-15(22-13)23-9-8-20/h4-7,20H,8-10H2,1-3H3,(H,17,21). The molecule has 0 fully saturated rings. The molecule has 0 aliphatic rings. The van der Waals surface area contributed by atoms with E-state index in [1.165, 1.54) is 17.3 Å². The first-order valence-corrected chi connectivity index (χ1v) is 8.33. The van der Waals surface area contributed by atoms with Crippen molar-refractivity contribution in [3.05, 3.63) is 41.3 Å². The van der Waals surface area contributed by atoms with Crippen molar-refractivity contribution in [3.8, 4) is 0 Å². The largest absolute Gasteiger partial charge is 0.414 e. The SMILES string of the molecule is CC(C)(C)c1ccc(C(=O)NCc2nnc(SCCO)o2)cc1. The molecule has 2 rings (SSSR count). The summed E-state index contributed by atoms with van der Waals surface area (Å²) >= 11 is 1.27. The van der Waals surface area contributed by atoms with Crippen LogP contribution in [0.2, 0.25) is 0 Å². The molecule has 0 aliphatic heterocycles. The number of aromatic nitrogens is 2. The van der Waals surface area contributed by atoms with Gasteiger partial charge in [0.25, 0.3) is 11.1 Å². The molecule has 2 N–H and O–H groups in total. The van der Waals surface area contributed by atoms with Crippen LogP contribution in [0.1, 0.15) is 42.6 Å². The van der Waals surface area contributed by atoms with Gasteiger partial charge in [0.2, 0.25) is 5.89 Å². The molecule has 0 saturated carbocycles. The van der Waals surface area contributed by atoms with E-state index in [9.17, 15) is 4.79 Å². The van der Waals surface area contributed by atoms with Crippen molar-refractivity contribution >= 4 is 17.7 Å². The predicted octanol–water partition coefficient (Wildman–Crippen LogP) is 2.38. The number of hydrogen-bond donors (Lipinski definition) is 2. The Morgan fingerprint density at radius 1 is 1.26 bits per heavy atom. The lowest BCUT2D eigenvalue weighted by atomic mass is 9.87. The number of nitrogens with one attached hydrogen (secondary N) is 1. The second-order valence-corrected chi connectivity index (χ2v) is 7.09. The molecule has 124 valence electrons. The normalized spacial score (nSPS) is 11.5. The summed E-state index contributed by atoms with van der Waals surface area (Å²) in [7, 11) is 0. The number of aliphatic hydroxyl groups is 1. The summed E-state index contributed by atoms with van der Waals surface area (Å²) in [5.74, 6) is 0.645. The number of thioether (sulfide) groups is 1. The highest BCUT2D eigenvalue weighted by molar-refractivity contribution is 7.99. The maximum Gasteiger partial charge on any atom is 0.276 e. The van der Waals surface area contributed by atoms with Crippen molar-refractivity contribution in [2.24, 2.45) is 0 Å². The monoisotopic (exact) mass is 335 g/mol. The Kier molecular flexibility index (Phi) is 5.79. The minimum absolute atomic E-state index is 0.0453. The first-order valence-electron chi connectivity index (χ1n) is 7.35. The third kappa shape index (κ3) is 5.07. The first kappa shape index (κ1) is 17.5. The molecule has 0 atom stereocenters. The second kappa shape index (κ2) is 7.61. The molecule has 0 bridgehead atoms. The summed E-state index contributed by atoms with van der Waals surface area (Å²) in [5.41, 5.74) is 1.82. The minimum Gasteiger partial charge on any atom is -0.414 e. The Morgan fingerprint density at radius 3 is 2.57 bits per heavy atom. The molecule has 1 aromatic heterocycles. The zero-order valence-corrected chi connectivity index (χ0v) is 14.3. The zero-order chi connectivity index (χ0) is 16.9. The van der Waals surface area contributed by atoms with Crippen LogP contribution in [-0.4, -0.2) is 33.6 Å².